The van der Waals surface area contributed by atoms with E-state index < -0.39 is 23.3 Å². The third-order valence-corrected chi connectivity index (χ3v) is 4.16. The first-order valence-electron chi connectivity index (χ1n) is 7.46. The molecule has 1 saturated heterocycles. The summed E-state index contributed by atoms with van der Waals surface area (Å²) in [6.45, 7) is 4.85. The van der Waals surface area contributed by atoms with E-state index in [0.29, 0.717) is 0 Å². The van der Waals surface area contributed by atoms with E-state index >= 15 is 0 Å². The van der Waals surface area contributed by atoms with E-state index in [2.05, 4.69) is 0 Å². The lowest BCUT2D eigenvalue weighted by atomic mass is 9.90. The molecule has 2 fully saturated rings. The first-order chi connectivity index (χ1) is 9.73. The third kappa shape index (κ3) is 2.99. The molecule has 0 unspecified atom stereocenters. The summed E-state index contributed by atoms with van der Waals surface area (Å²) in [6.07, 6.45) is 4.48. The molecule has 2 aliphatic rings. The third-order valence-electron chi connectivity index (χ3n) is 4.16. The van der Waals surface area contributed by atoms with Gasteiger partial charge in [0.05, 0.1) is 6.54 Å². The largest absolute Gasteiger partial charge is 0.334 e. The van der Waals surface area contributed by atoms with Crippen molar-refractivity contribution in [2.75, 3.05) is 6.54 Å². The van der Waals surface area contributed by atoms with Crippen LogP contribution in [0.3, 0.4) is 0 Å². The number of urea groups is 1. The number of ketones is 1. The molecular weight excluding hydrogens is 272 g/mol. The second kappa shape index (κ2) is 5.58. The molecule has 4 amide bonds. The van der Waals surface area contributed by atoms with Crippen LogP contribution in [-0.2, 0) is 14.4 Å². The second-order valence-electron chi connectivity index (χ2n) is 6.81. The fraction of sp³-hybridized carbons (Fsp3) is 0.733. The van der Waals surface area contributed by atoms with Crippen molar-refractivity contribution in [3.8, 4) is 0 Å². The van der Waals surface area contributed by atoms with Gasteiger partial charge in [0.15, 0.2) is 5.78 Å². The molecule has 21 heavy (non-hydrogen) atoms. The zero-order valence-electron chi connectivity index (χ0n) is 12.8. The predicted octanol–water partition coefficient (Wildman–Crippen LogP) is 1.73. The van der Waals surface area contributed by atoms with Crippen LogP contribution in [0.5, 0.6) is 0 Å². The van der Waals surface area contributed by atoms with Crippen LogP contribution in [0.1, 0.15) is 52.9 Å². The monoisotopic (exact) mass is 294 g/mol. The van der Waals surface area contributed by atoms with Crippen LogP contribution >= 0.6 is 0 Å². The Balaban J connectivity index is 2.14. The number of carbonyl (C=O) groups excluding carboxylic acids is 4. The number of amides is 4. The molecule has 1 aliphatic carbocycles. The number of Topliss-reactive ketones (excluding diaryl/α,β-unsaturated/α-hetero) is 1. The van der Waals surface area contributed by atoms with Gasteiger partial charge in [-0.15, -0.1) is 0 Å². The number of hydrogen-bond acceptors (Lipinski definition) is 4. The van der Waals surface area contributed by atoms with Gasteiger partial charge in [-0.1, -0.05) is 40.0 Å². The van der Waals surface area contributed by atoms with E-state index in [1.165, 1.54) is 0 Å². The molecule has 1 aliphatic heterocycles. The second-order valence-corrected chi connectivity index (χ2v) is 6.81. The molecular formula is C15H22N2O4. The van der Waals surface area contributed by atoms with Gasteiger partial charge in [-0.05, 0) is 12.8 Å². The molecule has 6 nitrogen and oxygen atoms in total. The van der Waals surface area contributed by atoms with Crippen molar-refractivity contribution < 1.29 is 19.2 Å². The summed E-state index contributed by atoms with van der Waals surface area (Å²) in [5, 5.41) is 0. The molecule has 1 saturated carbocycles. The maximum absolute atomic E-state index is 12.3. The molecule has 2 rings (SSSR count). The van der Waals surface area contributed by atoms with Crippen molar-refractivity contribution in [2.24, 2.45) is 5.41 Å². The van der Waals surface area contributed by atoms with Gasteiger partial charge in [-0.2, -0.15) is 0 Å². The van der Waals surface area contributed by atoms with Gasteiger partial charge in [0.1, 0.15) is 0 Å². The lowest BCUT2D eigenvalue weighted by Crippen LogP contribution is -2.44. The number of hydrogen-bond donors (Lipinski definition) is 0. The Morgan fingerprint density at radius 1 is 1.05 bits per heavy atom. The Labute approximate surface area is 124 Å². The van der Waals surface area contributed by atoms with Crippen LogP contribution in [0.25, 0.3) is 0 Å². The highest BCUT2D eigenvalue weighted by molar-refractivity contribution is 6.45. The first kappa shape index (κ1) is 15.7. The van der Waals surface area contributed by atoms with Gasteiger partial charge >= 0.3 is 17.8 Å². The summed E-state index contributed by atoms with van der Waals surface area (Å²) in [6, 6.07) is -0.827. The number of carbonyl (C=O) groups is 4. The van der Waals surface area contributed by atoms with E-state index in [-0.39, 0.29) is 18.4 Å². The van der Waals surface area contributed by atoms with Crippen molar-refractivity contribution in [3.63, 3.8) is 0 Å². The lowest BCUT2D eigenvalue weighted by molar-refractivity contribution is -0.145. The van der Waals surface area contributed by atoms with Gasteiger partial charge in [0.2, 0.25) is 0 Å². The summed E-state index contributed by atoms with van der Waals surface area (Å²) in [4.78, 5) is 50.3. The predicted molar refractivity (Wildman–Crippen MR) is 75.3 cm³/mol. The standard InChI is InChI=1S/C15H22N2O4/c1-15(2,3)11(18)9-16-12(19)13(20)17(14(16)21)10-7-5-4-6-8-10/h10H,4-9H2,1-3H3. The highest BCUT2D eigenvalue weighted by Gasteiger charge is 2.48. The molecule has 0 bridgehead atoms. The molecule has 0 aromatic rings. The summed E-state index contributed by atoms with van der Waals surface area (Å²) in [5.74, 6) is -1.89. The molecule has 0 spiro atoms. The molecule has 0 aromatic heterocycles. The normalized spacial score (nSPS) is 21.4. The molecule has 0 aromatic carbocycles. The van der Waals surface area contributed by atoms with E-state index in [1.54, 1.807) is 20.8 Å². The smallest absolute Gasteiger partial charge is 0.297 e. The van der Waals surface area contributed by atoms with Crippen molar-refractivity contribution in [1.82, 2.24) is 9.80 Å². The molecule has 6 heteroatoms. The highest BCUT2D eigenvalue weighted by atomic mass is 16.2. The van der Waals surface area contributed by atoms with Crippen molar-refractivity contribution in [1.29, 1.82) is 0 Å². The molecule has 1 heterocycles. The van der Waals surface area contributed by atoms with Crippen LogP contribution in [0.4, 0.5) is 4.79 Å². The van der Waals surface area contributed by atoms with Gasteiger partial charge in [-0.25, -0.2) is 9.69 Å². The van der Waals surface area contributed by atoms with Gasteiger partial charge in [0, 0.05) is 11.5 Å². The Kier molecular flexibility index (Phi) is 4.16. The van der Waals surface area contributed by atoms with E-state index in [1.807, 2.05) is 0 Å². The van der Waals surface area contributed by atoms with Crippen LogP contribution in [0, 0.1) is 5.41 Å². The quantitative estimate of drug-likeness (QED) is 0.587. The average molecular weight is 294 g/mol. The first-order valence-corrected chi connectivity index (χ1v) is 7.46. The van der Waals surface area contributed by atoms with E-state index in [4.69, 9.17) is 0 Å². The van der Waals surface area contributed by atoms with Crippen LogP contribution in [0.15, 0.2) is 0 Å². The highest BCUT2D eigenvalue weighted by Crippen LogP contribution is 2.27. The molecule has 116 valence electrons. The molecule has 0 N–H and O–H groups in total. The van der Waals surface area contributed by atoms with Crippen LogP contribution in [-0.4, -0.2) is 46.0 Å². The Hall–Kier alpha value is -1.72. The van der Waals surface area contributed by atoms with Crippen molar-refractivity contribution >= 4 is 23.6 Å². The topological polar surface area (TPSA) is 74.8 Å². The Morgan fingerprint density at radius 2 is 1.62 bits per heavy atom. The summed E-state index contributed by atoms with van der Waals surface area (Å²) < 4.78 is 0. The van der Waals surface area contributed by atoms with Gasteiger partial charge < -0.3 is 0 Å². The van der Waals surface area contributed by atoms with Crippen molar-refractivity contribution in [3.05, 3.63) is 0 Å². The molecule has 0 radical (unpaired) electrons. The van der Waals surface area contributed by atoms with Crippen molar-refractivity contribution in [2.45, 2.75) is 58.9 Å². The maximum Gasteiger partial charge on any atom is 0.334 e. The Morgan fingerprint density at radius 3 is 2.14 bits per heavy atom. The SMILES string of the molecule is CC(C)(C)C(=O)CN1C(=O)C(=O)N(C2CCCCC2)C1=O. The van der Waals surface area contributed by atoms with Crippen LogP contribution in [0.2, 0.25) is 0 Å². The Bertz CT molecular complexity index is 486. The van der Waals surface area contributed by atoms with E-state index in [0.717, 1.165) is 41.9 Å². The minimum Gasteiger partial charge on any atom is -0.297 e. The minimum absolute atomic E-state index is 0.197. The lowest BCUT2D eigenvalue weighted by Gasteiger charge is -2.28. The zero-order chi connectivity index (χ0) is 15.8. The average Bonchev–Trinajstić information content (AvgIpc) is 2.63. The zero-order valence-corrected chi connectivity index (χ0v) is 12.8. The van der Waals surface area contributed by atoms with E-state index in [9.17, 15) is 19.2 Å². The summed E-state index contributed by atoms with van der Waals surface area (Å²) in [7, 11) is 0. The minimum atomic E-state index is -0.872. The van der Waals surface area contributed by atoms with Crippen LogP contribution < -0.4 is 0 Å². The number of rotatable bonds is 3. The molecule has 0 atom stereocenters. The number of nitrogens with zero attached hydrogens (tertiary/aromatic N) is 2. The van der Waals surface area contributed by atoms with Gasteiger partial charge in [0.25, 0.3) is 0 Å². The maximum atomic E-state index is 12.3. The number of imide groups is 2. The summed E-state index contributed by atoms with van der Waals surface area (Å²) in [5.41, 5.74) is -0.651. The fourth-order valence-electron chi connectivity index (χ4n) is 2.70. The fourth-order valence-corrected chi connectivity index (χ4v) is 2.70. The summed E-state index contributed by atoms with van der Waals surface area (Å²) >= 11 is 0. The van der Waals surface area contributed by atoms with Gasteiger partial charge in [-0.3, -0.25) is 19.3 Å².